The number of methoxy groups -OCH3 is 1. The van der Waals surface area contributed by atoms with Gasteiger partial charge in [-0.3, -0.25) is 0 Å². The number of nitrogens with one attached hydrogen (secondary N) is 1. The smallest absolute Gasteiger partial charge is 0.124 e. The van der Waals surface area contributed by atoms with Crippen LogP contribution in [0.15, 0.2) is 40.9 Å². The second-order valence-corrected chi connectivity index (χ2v) is 4.56. The molecule has 0 aliphatic carbocycles. The Balaban J connectivity index is 2.28. The first kappa shape index (κ1) is 12.7. The van der Waals surface area contributed by atoms with Crippen molar-refractivity contribution in [3.8, 4) is 5.75 Å². The van der Waals surface area contributed by atoms with Gasteiger partial charge in [0.1, 0.15) is 11.6 Å². The van der Waals surface area contributed by atoms with Crippen molar-refractivity contribution in [3.63, 3.8) is 0 Å². The summed E-state index contributed by atoms with van der Waals surface area (Å²) in [4.78, 5) is 0. The minimum Gasteiger partial charge on any atom is -0.497 e. The number of rotatable bonds is 3. The minimum absolute atomic E-state index is 0.296. The first-order valence-electron chi connectivity index (χ1n) is 5.26. The Morgan fingerprint density at radius 1 is 1.17 bits per heavy atom. The van der Waals surface area contributed by atoms with Crippen molar-refractivity contribution < 1.29 is 9.13 Å². The van der Waals surface area contributed by atoms with Crippen molar-refractivity contribution >= 4 is 33.0 Å². The molecule has 0 spiro atoms. The van der Waals surface area contributed by atoms with Crippen LogP contribution in [0.1, 0.15) is 0 Å². The normalized spacial score (nSPS) is 10.2. The highest BCUT2D eigenvalue weighted by Crippen LogP contribution is 2.31. The maximum absolute atomic E-state index is 13.0. The summed E-state index contributed by atoms with van der Waals surface area (Å²) in [6.07, 6.45) is 0. The summed E-state index contributed by atoms with van der Waals surface area (Å²) in [5.41, 5.74) is 7.94. The van der Waals surface area contributed by atoms with Gasteiger partial charge >= 0.3 is 0 Å². The fourth-order valence-electron chi connectivity index (χ4n) is 1.52. The average Bonchev–Trinajstić information content (AvgIpc) is 2.34. The second-order valence-electron chi connectivity index (χ2n) is 3.70. The van der Waals surface area contributed by atoms with Crippen LogP contribution in [0.3, 0.4) is 0 Å². The summed E-state index contributed by atoms with van der Waals surface area (Å²) in [5.74, 6) is 0.395. The van der Waals surface area contributed by atoms with Crippen molar-refractivity contribution in [1.82, 2.24) is 0 Å². The highest BCUT2D eigenvalue weighted by Gasteiger charge is 2.05. The molecule has 0 amide bonds. The molecule has 0 heterocycles. The molecule has 2 aromatic carbocycles. The molecular weight excluding hydrogens is 299 g/mol. The van der Waals surface area contributed by atoms with E-state index in [1.807, 2.05) is 6.07 Å². The molecule has 0 atom stereocenters. The zero-order valence-corrected chi connectivity index (χ0v) is 11.3. The average molecular weight is 311 g/mol. The lowest BCUT2D eigenvalue weighted by atomic mass is 10.2. The maximum Gasteiger partial charge on any atom is 0.124 e. The van der Waals surface area contributed by atoms with Gasteiger partial charge < -0.3 is 15.8 Å². The first-order chi connectivity index (χ1) is 8.60. The van der Waals surface area contributed by atoms with Gasteiger partial charge in [0.15, 0.2) is 0 Å². The molecule has 18 heavy (non-hydrogen) atoms. The third-order valence-electron chi connectivity index (χ3n) is 2.46. The van der Waals surface area contributed by atoms with Crippen molar-refractivity contribution in [2.75, 3.05) is 18.2 Å². The van der Waals surface area contributed by atoms with Crippen LogP contribution >= 0.6 is 15.9 Å². The number of hydrogen-bond donors (Lipinski definition) is 2. The monoisotopic (exact) mass is 310 g/mol. The van der Waals surface area contributed by atoms with Gasteiger partial charge in [-0.05, 0) is 46.3 Å². The minimum atomic E-state index is -0.296. The third-order valence-corrected chi connectivity index (χ3v) is 3.12. The Hall–Kier alpha value is -1.75. The van der Waals surface area contributed by atoms with E-state index >= 15 is 0 Å². The van der Waals surface area contributed by atoms with Gasteiger partial charge in [-0.2, -0.15) is 0 Å². The van der Waals surface area contributed by atoms with Gasteiger partial charge in [0.2, 0.25) is 0 Å². The molecule has 3 N–H and O–H groups in total. The number of benzene rings is 2. The highest BCUT2D eigenvalue weighted by molar-refractivity contribution is 9.10. The third kappa shape index (κ3) is 2.73. The van der Waals surface area contributed by atoms with Gasteiger partial charge in [0.05, 0.1) is 24.2 Å². The zero-order chi connectivity index (χ0) is 13.1. The second kappa shape index (κ2) is 5.27. The van der Waals surface area contributed by atoms with Gasteiger partial charge in [-0.15, -0.1) is 0 Å². The number of anilines is 3. The Kier molecular flexibility index (Phi) is 3.72. The highest BCUT2D eigenvalue weighted by atomic mass is 79.9. The van der Waals surface area contributed by atoms with Crippen LogP contribution in [-0.2, 0) is 0 Å². The Morgan fingerprint density at radius 2 is 1.89 bits per heavy atom. The van der Waals surface area contributed by atoms with Crippen molar-refractivity contribution in [1.29, 1.82) is 0 Å². The fourth-order valence-corrected chi connectivity index (χ4v) is 1.97. The van der Waals surface area contributed by atoms with Gasteiger partial charge in [0, 0.05) is 10.5 Å². The summed E-state index contributed by atoms with van der Waals surface area (Å²) in [6, 6.07) is 9.75. The van der Waals surface area contributed by atoms with E-state index in [9.17, 15) is 4.39 Å². The zero-order valence-electron chi connectivity index (χ0n) is 9.71. The van der Waals surface area contributed by atoms with E-state index in [2.05, 4.69) is 21.2 Å². The standard InChI is InChI=1S/C13H12BrFN2O/c1-18-9-3-5-13(11(16)7-9)17-12-4-2-8(15)6-10(12)14/h2-7,17H,16H2,1H3. The molecule has 0 saturated carbocycles. The molecule has 5 heteroatoms. The van der Waals surface area contributed by atoms with E-state index in [1.165, 1.54) is 12.1 Å². The Labute approximate surface area is 113 Å². The molecule has 94 valence electrons. The molecule has 0 radical (unpaired) electrons. The first-order valence-corrected chi connectivity index (χ1v) is 6.05. The summed E-state index contributed by atoms with van der Waals surface area (Å²) in [7, 11) is 1.58. The molecule has 0 unspecified atom stereocenters. The number of halogens is 2. The van der Waals surface area contributed by atoms with Crippen LogP contribution in [0.5, 0.6) is 5.75 Å². The summed E-state index contributed by atoms with van der Waals surface area (Å²) < 4.78 is 18.7. The molecule has 0 aliphatic rings. The van der Waals surface area contributed by atoms with E-state index in [1.54, 1.807) is 25.3 Å². The summed E-state index contributed by atoms with van der Waals surface area (Å²) >= 11 is 3.29. The van der Waals surface area contributed by atoms with Gasteiger partial charge in [0.25, 0.3) is 0 Å². The van der Waals surface area contributed by atoms with Crippen LogP contribution in [0, 0.1) is 5.82 Å². The quantitative estimate of drug-likeness (QED) is 0.845. The lowest BCUT2D eigenvalue weighted by molar-refractivity contribution is 0.415. The number of hydrogen-bond acceptors (Lipinski definition) is 3. The molecule has 3 nitrogen and oxygen atoms in total. The van der Waals surface area contributed by atoms with Crippen LogP contribution < -0.4 is 15.8 Å². The van der Waals surface area contributed by atoms with Crippen LogP contribution in [0.4, 0.5) is 21.5 Å². The van der Waals surface area contributed by atoms with Crippen LogP contribution in [0.2, 0.25) is 0 Å². The lowest BCUT2D eigenvalue weighted by Crippen LogP contribution is -1.97. The molecule has 0 saturated heterocycles. The SMILES string of the molecule is COc1ccc(Nc2ccc(F)cc2Br)c(N)c1. The van der Waals surface area contributed by atoms with E-state index in [0.29, 0.717) is 15.9 Å². The van der Waals surface area contributed by atoms with Crippen molar-refractivity contribution in [2.45, 2.75) is 0 Å². The number of nitrogens with two attached hydrogens (primary N) is 1. The van der Waals surface area contributed by atoms with Gasteiger partial charge in [-0.25, -0.2) is 4.39 Å². The molecule has 0 aromatic heterocycles. The van der Waals surface area contributed by atoms with Gasteiger partial charge in [-0.1, -0.05) is 0 Å². The lowest BCUT2D eigenvalue weighted by Gasteiger charge is -2.12. The van der Waals surface area contributed by atoms with Crippen molar-refractivity contribution in [3.05, 3.63) is 46.7 Å². The number of nitrogen functional groups attached to an aromatic ring is 1. The molecule has 0 fully saturated rings. The summed E-state index contributed by atoms with van der Waals surface area (Å²) in [5, 5.41) is 3.12. The molecule has 0 aliphatic heterocycles. The summed E-state index contributed by atoms with van der Waals surface area (Å²) in [6.45, 7) is 0. The predicted octanol–water partition coefficient (Wildman–Crippen LogP) is 3.92. The molecule has 2 rings (SSSR count). The Morgan fingerprint density at radius 3 is 2.50 bits per heavy atom. The largest absolute Gasteiger partial charge is 0.497 e. The van der Waals surface area contributed by atoms with Crippen LogP contribution in [-0.4, -0.2) is 7.11 Å². The topological polar surface area (TPSA) is 47.3 Å². The van der Waals surface area contributed by atoms with Crippen molar-refractivity contribution in [2.24, 2.45) is 0 Å². The fraction of sp³-hybridized carbons (Fsp3) is 0.0769. The molecule has 0 bridgehead atoms. The maximum atomic E-state index is 13.0. The number of ether oxygens (including phenoxy) is 1. The van der Waals surface area contributed by atoms with E-state index in [-0.39, 0.29) is 5.82 Å². The predicted molar refractivity (Wildman–Crippen MR) is 74.8 cm³/mol. The van der Waals surface area contributed by atoms with E-state index < -0.39 is 0 Å². The van der Waals surface area contributed by atoms with E-state index in [4.69, 9.17) is 10.5 Å². The molecule has 2 aromatic rings. The van der Waals surface area contributed by atoms with E-state index in [0.717, 1.165) is 11.4 Å². The molecular formula is C13H12BrFN2O. The van der Waals surface area contributed by atoms with Crippen LogP contribution in [0.25, 0.3) is 0 Å². The Bertz CT molecular complexity index is 575.